The maximum absolute atomic E-state index is 13.0. The van der Waals surface area contributed by atoms with Crippen molar-refractivity contribution in [2.75, 3.05) is 18.2 Å². The van der Waals surface area contributed by atoms with Gasteiger partial charge in [-0.2, -0.15) is 0 Å². The number of hydrogen-bond acceptors (Lipinski definition) is 9. The molecule has 0 aliphatic carbocycles. The molecule has 0 aliphatic rings. The van der Waals surface area contributed by atoms with Crippen LogP contribution in [0.25, 0.3) is 22.4 Å². The Morgan fingerprint density at radius 3 is 2.50 bits per heavy atom. The van der Waals surface area contributed by atoms with E-state index in [1.54, 1.807) is 24.3 Å². The van der Waals surface area contributed by atoms with Crippen LogP contribution in [0.1, 0.15) is 0 Å². The summed E-state index contributed by atoms with van der Waals surface area (Å²) in [6.07, 6.45) is 0. The Labute approximate surface area is 207 Å². The van der Waals surface area contributed by atoms with Gasteiger partial charge in [-0.1, -0.05) is 17.8 Å². The van der Waals surface area contributed by atoms with Crippen LogP contribution < -0.4 is 21.3 Å². The highest BCUT2D eigenvalue weighted by Gasteiger charge is 2.19. The maximum atomic E-state index is 13.0. The van der Waals surface area contributed by atoms with E-state index in [4.69, 9.17) is 4.74 Å². The number of aryl methyl sites for hydroxylation is 1. The van der Waals surface area contributed by atoms with Gasteiger partial charge in [-0.25, -0.2) is 14.8 Å². The molecule has 0 aliphatic heterocycles. The van der Waals surface area contributed by atoms with E-state index in [-0.39, 0.29) is 39.2 Å². The molecule has 184 valence electrons. The molecule has 4 aromatic rings. The fourth-order valence-corrected chi connectivity index (χ4v) is 4.24. The number of hydrogen-bond donors (Lipinski definition) is 1. The van der Waals surface area contributed by atoms with Crippen molar-refractivity contribution in [1.82, 2.24) is 19.1 Å². The first-order chi connectivity index (χ1) is 17.2. The molecule has 2 aromatic carbocycles. The van der Waals surface area contributed by atoms with E-state index in [9.17, 15) is 24.5 Å². The van der Waals surface area contributed by atoms with Crippen molar-refractivity contribution in [2.45, 2.75) is 5.03 Å². The van der Waals surface area contributed by atoms with Crippen LogP contribution in [0.3, 0.4) is 0 Å². The lowest BCUT2D eigenvalue weighted by atomic mass is 10.2. The van der Waals surface area contributed by atoms with Crippen LogP contribution >= 0.6 is 11.8 Å². The normalized spacial score (nSPS) is 10.9. The highest BCUT2D eigenvalue weighted by Crippen LogP contribution is 2.27. The number of carbonyl (C=O) groups is 1. The number of benzene rings is 2. The Morgan fingerprint density at radius 1 is 1.11 bits per heavy atom. The molecule has 1 amide bonds. The van der Waals surface area contributed by atoms with E-state index < -0.39 is 16.2 Å². The van der Waals surface area contributed by atoms with E-state index >= 15 is 0 Å². The Hall–Kier alpha value is -4.52. The zero-order chi connectivity index (χ0) is 26.0. The fraction of sp³-hybridized carbons (Fsp3) is 0.174. The van der Waals surface area contributed by atoms with Crippen LogP contribution in [-0.4, -0.2) is 42.8 Å². The number of nitrogens with one attached hydrogen (secondary N) is 1. The average molecular weight is 509 g/mol. The quantitative estimate of drug-likeness (QED) is 0.172. The van der Waals surface area contributed by atoms with Gasteiger partial charge >= 0.3 is 5.69 Å². The van der Waals surface area contributed by atoms with Gasteiger partial charge in [0, 0.05) is 43.5 Å². The summed E-state index contributed by atoms with van der Waals surface area (Å²) >= 11 is 1.01. The molecule has 2 heterocycles. The SMILES string of the molecule is COc1cccc(NC(=O)CSc2nc(-c3ccc([N+](=O)[O-])cc3)nc3c2c(=O)n(C)c(=O)n3C)c1. The number of nitro groups is 1. The summed E-state index contributed by atoms with van der Waals surface area (Å²) in [7, 11) is 4.34. The molecule has 1 N–H and O–H groups in total. The molecule has 0 atom stereocenters. The third kappa shape index (κ3) is 4.81. The van der Waals surface area contributed by atoms with Gasteiger partial charge in [0.25, 0.3) is 11.2 Å². The van der Waals surface area contributed by atoms with Gasteiger partial charge in [0.15, 0.2) is 11.5 Å². The number of nitro benzene ring substituents is 1. The smallest absolute Gasteiger partial charge is 0.332 e. The van der Waals surface area contributed by atoms with Gasteiger partial charge in [-0.05, 0) is 24.3 Å². The number of amides is 1. The second kappa shape index (κ2) is 10.00. The molecule has 0 unspecified atom stereocenters. The average Bonchev–Trinajstić information content (AvgIpc) is 2.89. The monoisotopic (exact) mass is 508 g/mol. The van der Waals surface area contributed by atoms with E-state index in [0.29, 0.717) is 17.0 Å². The van der Waals surface area contributed by atoms with Crippen molar-refractivity contribution in [1.29, 1.82) is 0 Å². The standard InChI is InChI=1S/C23H20N6O6S/c1-27-20-18(22(31)28(2)23(27)32)21(26-19(25-20)13-7-9-15(10-8-13)29(33)34)36-12-17(30)24-14-5-4-6-16(11-14)35-3/h4-11H,12H2,1-3H3,(H,24,30). The van der Waals surface area contributed by atoms with Gasteiger partial charge in [0.2, 0.25) is 5.91 Å². The number of anilines is 1. The van der Waals surface area contributed by atoms with Crippen molar-refractivity contribution in [3.05, 3.63) is 79.5 Å². The predicted octanol–water partition coefficient (Wildman–Crippen LogP) is 2.34. The molecular weight excluding hydrogens is 488 g/mol. The van der Waals surface area contributed by atoms with E-state index in [1.807, 2.05) is 0 Å². The summed E-state index contributed by atoms with van der Waals surface area (Å²) in [5.41, 5.74) is -0.214. The van der Waals surface area contributed by atoms with Gasteiger partial charge in [-0.15, -0.1) is 0 Å². The lowest BCUT2D eigenvalue weighted by Gasteiger charge is -2.12. The van der Waals surface area contributed by atoms with Crippen LogP contribution in [0.5, 0.6) is 5.75 Å². The molecule has 0 saturated heterocycles. The number of carbonyl (C=O) groups excluding carboxylic acids is 1. The van der Waals surface area contributed by atoms with Crippen molar-refractivity contribution < 1.29 is 14.5 Å². The number of non-ortho nitro benzene ring substituents is 1. The number of ether oxygens (including phenoxy) is 1. The van der Waals surface area contributed by atoms with Crippen molar-refractivity contribution in [3.63, 3.8) is 0 Å². The Balaban J connectivity index is 1.74. The topological polar surface area (TPSA) is 151 Å². The summed E-state index contributed by atoms with van der Waals surface area (Å²) in [6.45, 7) is 0. The third-order valence-corrected chi connectivity index (χ3v) is 6.27. The lowest BCUT2D eigenvalue weighted by molar-refractivity contribution is -0.384. The fourth-order valence-electron chi connectivity index (χ4n) is 3.43. The van der Waals surface area contributed by atoms with Crippen molar-refractivity contribution >= 4 is 40.1 Å². The van der Waals surface area contributed by atoms with Crippen molar-refractivity contribution in [3.8, 4) is 17.1 Å². The molecule has 0 spiro atoms. The summed E-state index contributed by atoms with van der Waals surface area (Å²) < 4.78 is 7.32. The molecule has 0 saturated carbocycles. The highest BCUT2D eigenvalue weighted by molar-refractivity contribution is 8.00. The number of rotatable bonds is 7. The van der Waals surface area contributed by atoms with Crippen LogP contribution in [0, 0.1) is 10.1 Å². The highest BCUT2D eigenvalue weighted by atomic mass is 32.2. The zero-order valence-electron chi connectivity index (χ0n) is 19.4. The van der Waals surface area contributed by atoms with Crippen molar-refractivity contribution in [2.24, 2.45) is 14.1 Å². The van der Waals surface area contributed by atoms with Crippen LogP contribution in [-0.2, 0) is 18.9 Å². The molecule has 4 rings (SSSR count). The first kappa shape index (κ1) is 24.6. The van der Waals surface area contributed by atoms with Crippen LogP contribution in [0.2, 0.25) is 0 Å². The second-order valence-corrected chi connectivity index (χ2v) is 8.59. The number of fused-ring (bicyclic) bond motifs is 1. The van der Waals surface area contributed by atoms with Crippen LogP contribution in [0.15, 0.2) is 63.1 Å². The minimum absolute atomic E-state index is 0.0853. The summed E-state index contributed by atoms with van der Waals surface area (Å²) in [4.78, 5) is 57.5. The first-order valence-electron chi connectivity index (χ1n) is 10.5. The van der Waals surface area contributed by atoms with Gasteiger partial charge < -0.3 is 10.1 Å². The second-order valence-electron chi connectivity index (χ2n) is 7.63. The molecule has 0 radical (unpaired) electrons. The minimum Gasteiger partial charge on any atom is -0.497 e. The number of aromatic nitrogens is 4. The first-order valence-corrected chi connectivity index (χ1v) is 11.5. The summed E-state index contributed by atoms with van der Waals surface area (Å²) in [6, 6.07) is 12.4. The summed E-state index contributed by atoms with van der Waals surface area (Å²) in [5.74, 6) is 0.295. The molecular formula is C23H20N6O6S. The molecule has 12 nitrogen and oxygen atoms in total. The Morgan fingerprint density at radius 2 is 1.83 bits per heavy atom. The minimum atomic E-state index is -0.598. The Bertz CT molecular complexity index is 1610. The van der Waals surface area contributed by atoms with Gasteiger partial charge in [-0.3, -0.25) is 28.8 Å². The number of nitrogens with zero attached hydrogens (tertiary/aromatic N) is 5. The largest absolute Gasteiger partial charge is 0.497 e. The molecule has 36 heavy (non-hydrogen) atoms. The molecule has 2 aromatic heterocycles. The molecule has 13 heteroatoms. The van der Waals surface area contributed by atoms with E-state index in [0.717, 1.165) is 16.3 Å². The van der Waals surface area contributed by atoms with Gasteiger partial charge in [0.1, 0.15) is 16.2 Å². The lowest BCUT2D eigenvalue weighted by Crippen LogP contribution is -2.37. The van der Waals surface area contributed by atoms with Crippen LogP contribution in [0.4, 0.5) is 11.4 Å². The maximum Gasteiger partial charge on any atom is 0.332 e. The van der Waals surface area contributed by atoms with E-state index in [2.05, 4.69) is 15.3 Å². The van der Waals surface area contributed by atoms with E-state index in [1.165, 1.54) is 50.0 Å². The summed E-state index contributed by atoms with van der Waals surface area (Å²) in [5, 5.41) is 14.0. The van der Waals surface area contributed by atoms with Gasteiger partial charge in [0.05, 0.1) is 17.8 Å². The zero-order valence-corrected chi connectivity index (χ0v) is 20.2. The Kier molecular flexibility index (Phi) is 6.83. The molecule has 0 fully saturated rings. The predicted molar refractivity (Wildman–Crippen MR) is 134 cm³/mol. The number of methoxy groups -OCH3 is 1. The number of thioether (sulfide) groups is 1. The third-order valence-electron chi connectivity index (χ3n) is 5.30. The molecule has 0 bridgehead atoms.